The Labute approximate surface area is 109 Å². The normalized spacial score (nSPS) is 11.1. The van der Waals surface area contributed by atoms with E-state index in [1.807, 2.05) is 26.0 Å². The van der Waals surface area contributed by atoms with Crippen molar-refractivity contribution in [2.75, 3.05) is 5.73 Å². The molecule has 0 saturated heterocycles. The van der Waals surface area contributed by atoms with E-state index in [1.54, 1.807) is 12.1 Å². The number of nitrogens with two attached hydrogens (primary N) is 1. The molecule has 3 aromatic rings. The number of hydrogen-bond donors (Lipinski definition) is 1. The van der Waals surface area contributed by atoms with Gasteiger partial charge in [0.2, 0.25) is 5.89 Å². The lowest BCUT2D eigenvalue weighted by Crippen LogP contribution is -1.93. The summed E-state index contributed by atoms with van der Waals surface area (Å²) in [5.74, 6) is -0.208. The van der Waals surface area contributed by atoms with Crippen LogP contribution in [0.5, 0.6) is 0 Å². The highest BCUT2D eigenvalue weighted by atomic mass is 19.1. The topological polar surface area (TPSA) is 52.0 Å². The number of oxazole rings is 1. The van der Waals surface area contributed by atoms with Gasteiger partial charge < -0.3 is 10.2 Å². The Morgan fingerprint density at radius 1 is 1.21 bits per heavy atom. The summed E-state index contributed by atoms with van der Waals surface area (Å²) in [4.78, 5) is 4.34. The summed E-state index contributed by atoms with van der Waals surface area (Å²) >= 11 is 0. The molecule has 3 nitrogen and oxygen atoms in total. The van der Waals surface area contributed by atoms with Gasteiger partial charge in [-0.2, -0.15) is 0 Å². The van der Waals surface area contributed by atoms with Crippen molar-refractivity contribution < 1.29 is 8.81 Å². The minimum Gasteiger partial charge on any atom is -0.436 e. The second-order valence-electron chi connectivity index (χ2n) is 4.65. The van der Waals surface area contributed by atoms with E-state index in [4.69, 9.17) is 10.2 Å². The number of benzene rings is 2. The van der Waals surface area contributed by atoms with Crippen LogP contribution in [0.4, 0.5) is 10.1 Å². The zero-order chi connectivity index (χ0) is 13.6. The average Bonchev–Trinajstić information content (AvgIpc) is 2.72. The second kappa shape index (κ2) is 4.09. The Morgan fingerprint density at radius 3 is 2.74 bits per heavy atom. The third-order valence-corrected chi connectivity index (χ3v) is 3.08. The Bertz CT molecular complexity index is 757. The zero-order valence-electron chi connectivity index (χ0n) is 10.7. The highest BCUT2D eigenvalue weighted by Gasteiger charge is 2.16. The van der Waals surface area contributed by atoms with E-state index in [0.717, 1.165) is 16.6 Å². The van der Waals surface area contributed by atoms with Gasteiger partial charge in [-0.3, -0.25) is 0 Å². The molecular weight excluding hydrogens is 243 g/mol. The number of hydrogen-bond acceptors (Lipinski definition) is 3. The smallest absolute Gasteiger partial charge is 0.232 e. The van der Waals surface area contributed by atoms with E-state index in [0.29, 0.717) is 11.3 Å². The first kappa shape index (κ1) is 11.7. The number of aryl methyl sites for hydroxylation is 2. The molecule has 0 spiro atoms. The molecule has 96 valence electrons. The second-order valence-corrected chi connectivity index (χ2v) is 4.65. The van der Waals surface area contributed by atoms with E-state index >= 15 is 0 Å². The molecule has 0 unspecified atom stereocenters. The maximum Gasteiger partial charge on any atom is 0.232 e. The van der Waals surface area contributed by atoms with Crippen LogP contribution in [0, 0.1) is 19.7 Å². The van der Waals surface area contributed by atoms with Crippen molar-refractivity contribution in [3.05, 3.63) is 47.3 Å². The van der Waals surface area contributed by atoms with E-state index in [-0.39, 0.29) is 11.5 Å². The van der Waals surface area contributed by atoms with Crippen molar-refractivity contribution in [1.82, 2.24) is 4.98 Å². The molecule has 0 aliphatic heterocycles. The summed E-state index contributed by atoms with van der Waals surface area (Å²) in [6, 6.07) is 8.45. The first-order valence-electron chi connectivity index (χ1n) is 5.98. The number of nitrogen functional groups attached to an aromatic ring is 1. The summed E-state index contributed by atoms with van der Waals surface area (Å²) in [6.45, 7) is 3.92. The molecule has 0 aliphatic rings. The fraction of sp³-hybridized carbons (Fsp3) is 0.133. The van der Waals surface area contributed by atoms with Crippen molar-refractivity contribution in [2.45, 2.75) is 13.8 Å². The van der Waals surface area contributed by atoms with E-state index < -0.39 is 5.82 Å². The molecule has 4 heteroatoms. The zero-order valence-corrected chi connectivity index (χ0v) is 10.7. The van der Waals surface area contributed by atoms with Crippen LogP contribution in [-0.2, 0) is 0 Å². The van der Waals surface area contributed by atoms with Crippen LogP contribution in [0.1, 0.15) is 11.1 Å². The predicted molar refractivity (Wildman–Crippen MR) is 73.3 cm³/mol. The molecule has 0 amide bonds. The van der Waals surface area contributed by atoms with Gasteiger partial charge in [0.25, 0.3) is 0 Å². The number of rotatable bonds is 1. The van der Waals surface area contributed by atoms with Crippen LogP contribution < -0.4 is 5.73 Å². The maximum absolute atomic E-state index is 13.9. The van der Waals surface area contributed by atoms with Crippen LogP contribution in [0.2, 0.25) is 0 Å². The fourth-order valence-electron chi connectivity index (χ4n) is 2.25. The van der Waals surface area contributed by atoms with Crippen LogP contribution >= 0.6 is 0 Å². The Balaban J connectivity index is 2.30. The van der Waals surface area contributed by atoms with Crippen molar-refractivity contribution >= 4 is 16.8 Å². The standard InChI is InChI=1S/C15H13FN2O/c1-8-6-9(2)14-12(7-8)18-15(19-14)13-10(16)4-3-5-11(13)17/h3-7H,17H2,1-2H3. The van der Waals surface area contributed by atoms with E-state index in [9.17, 15) is 4.39 Å². The summed E-state index contributed by atoms with van der Waals surface area (Å²) in [5, 5.41) is 0. The first-order chi connectivity index (χ1) is 9.06. The Hall–Kier alpha value is -2.36. The summed E-state index contributed by atoms with van der Waals surface area (Å²) in [6.07, 6.45) is 0. The van der Waals surface area contributed by atoms with Crippen LogP contribution in [-0.4, -0.2) is 4.98 Å². The Kier molecular flexibility index (Phi) is 2.52. The molecule has 0 saturated carbocycles. The van der Waals surface area contributed by atoms with Gasteiger partial charge in [-0.15, -0.1) is 0 Å². The lowest BCUT2D eigenvalue weighted by molar-refractivity contribution is 0.593. The van der Waals surface area contributed by atoms with Crippen molar-refractivity contribution in [3.63, 3.8) is 0 Å². The van der Waals surface area contributed by atoms with Crippen LogP contribution in [0.3, 0.4) is 0 Å². The summed E-state index contributed by atoms with van der Waals surface area (Å²) in [5.41, 5.74) is 9.79. The molecule has 19 heavy (non-hydrogen) atoms. The lowest BCUT2D eigenvalue weighted by atomic mass is 10.1. The third-order valence-electron chi connectivity index (χ3n) is 3.08. The molecule has 3 rings (SSSR count). The molecule has 2 aromatic carbocycles. The highest BCUT2D eigenvalue weighted by molar-refractivity contribution is 5.82. The van der Waals surface area contributed by atoms with E-state index in [1.165, 1.54) is 6.07 Å². The molecule has 1 heterocycles. The molecule has 1 aromatic heterocycles. The van der Waals surface area contributed by atoms with Gasteiger partial charge >= 0.3 is 0 Å². The quantitative estimate of drug-likeness (QED) is 0.673. The minimum atomic E-state index is -0.430. The molecular formula is C15H13FN2O. The molecule has 0 radical (unpaired) electrons. The van der Waals surface area contributed by atoms with Gasteiger partial charge in [-0.25, -0.2) is 9.37 Å². The molecule has 0 aliphatic carbocycles. The van der Waals surface area contributed by atoms with Gasteiger partial charge in [0.1, 0.15) is 11.3 Å². The molecule has 0 fully saturated rings. The van der Waals surface area contributed by atoms with Crippen molar-refractivity contribution in [2.24, 2.45) is 0 Å². The largest absolute Gasteiger partial charge is 0.436 e. The van der Waals surface area contributed by atoms with Gasteiger partial charge in [-0.1, -0.05) is 12.1 Å². The van der Waals surface area contributed by atoms with Crippen molar-refractivity contribution in [1.29, 1.82) is 0 Å². The third kappa shape index (κ3) is 1.85. The van der Waals surface area contributed by atoms with Crippen LogP contribution in [0.25, 0.3) is 22.6 Å². The monoisotopic (exact) mass is 256 g/mol. The predicted octanol–water partition coefficient (Wildman–Crippen LogP) is 3.83. The number of aromatic nitrogens is 1. The van der Waals surface area contributed by atoms with E-state index in [2.05, 4.69) is 4.98 Å². The highest BCUT2D eigenvalue weighted by Crippen LogP contribution is 2.32. The average molecular weight is 256 g/mol. The fourth-order valence-corrected chi connectivity index (χ4v) is 2.25. The number of anilines is 1. The molecule has 0 bridgehead atoms. The molecule has 2 N–H and O–H groups in total. The molecule has 0 atom stereocenters. The first-order valence-corrected chi connectivity index (χ1v) is 5.98. The SMILES string of the molecule is Cc1cc(C)c2oc(-c3c(N)cccc3F)nc2c1. The number of nitrogens with zero attached hydrogens (tertiary/aromatic N) is 1. The van der Waals surface area contributed by atoms with Gasteiger partial charge in [0.15, 0.2) is 5.58 Å². The lowest BCUT2D eigenvalue weighted by Gasteiger charge is -2.01. The summed E-state index contributed by atoms with van der Waals surface area (Å²) < 4.78 is 19.5. The maximum atomic E-state index is 13.9. The Morgan fingerprint density at radius 2 is 2.00 bits per heavy atom. The van der Waals surface area contributed by atoms with Gasteiger partial charge in [0, 0.05) is 5.69 Å². The van der Waals surface area contributed by atoms with Gasteiger partial charge in [0.05, 0.1) is 5.56 Å². The van der Waals surface area contributed by atoms with Gasteiger partial charge in [-0.05, 0) is 43.2 Å². The summed E-state index contributed by atoms with van der Waals surface area (Å²) in [7, 11) is 0. The van der Waals surface area contributed by atoms with Crippen molar-refractivity contribution in [3.8, 4) is 11.5 Å². The number of fused-ring (bicyclic) bond motifs is 1. The minimum absolute atomic E-state index is 0.218. The van der Waals surface area contributed by atoms with Crippen LogP contribution in [0.15, 0.2) is 34.7 Å². The number of halogens is 1.